The first-order chi connectivity index (χ1) is 13.6. The molecule has 1 aliphatic rings. The summed E-state index contributed by atoms with van der Waals surface area (Å²) in [5.74, 6) is -0.520. The van der Waals surface area contributed by atoms with Crippen LogP contribution >= 0.6 is 0 Å². The second-order valence-electron chi connectivity index (χ2n) is 6.57. The number of cyclic esters (lactones) is 1. The summed E-state index contributed by atoms with van der Waals surface area (Å²) in [5.41, 5.74) is 2.28. The lowest BCUT2D eigenvalue weighted by atomic mass is 10.1. The highest BCUT2D eigenvalue weighted by Crippen LogP contribution is 2.16. The van der Waals surface area contributed by atoms with Gasteiger partial charge in [-0.15, -0.1) is 0 Å². The summed E-state index contributed by atoms with van der Waals surface area (Å²) >= 11 is 0. The first-order valence-electron chi connectivity index (χ1n) is 9.25. The molecule has 0 saturated carbocycles. The van der Waals surface area contributed by atoms with Crippen LogP contribution in [0, 0.1) is 6.92 Å². The van der Waals surface area contributed by atoms with Crippen LogP contribution in [0.5, 0.6) is 0 Å². The summed E-state index contributed by atoms with van der Waals surface area (Å²) < 4.78 is 4.81. The number of hydrogen-bond acceptors (Lipinski definition) is 3. The monoisotopic (exact) mass is 373 g/mol. The Morgan fingerprint density at radius 3 is 2.36 bits per heavy atom. The van der Waals surface area contributed by atoms with Crippen LogP contribution in [0.1, 0.15) is 11.1 Å². The van der Waals surface area contributed by atoms with Crippen LogP contribution in [0.2, 0.25) is 0 Å². The van der Waals surface area contributed by atoms with Crippen molar-refractivity contribution in [3.05, 3.63) is 90.0 Å². The van der Waals surface area contributed by atoms with Crippen molar-refractivity contribution in [2.75, 3.05) is 19.7 Å². The van der Waals surface area contributed by atoms with E-state index in [1.165, 1.54) is 21.9 Å². The molecule has 0 radical (unpaired) electrons. The number of hydrogen-bond donors (Lipinski definition) is 0. The van der Waals surface area contributed by atoms with Crippen molar-refractivity contribution in [2.24, 2.45) is 0 Å². The molecule has 0 aliphatic carbocycles. The van der Waals surface area contributed by atoms with Gasteiger partial charge in [0.15, 0.2) is 0 Å². The Morgan fingerprint density at radius 2 is 1.68 bits per heavy atom. The number of carbonyl (C=O) groups is 2. The fraction of sp³-hybridized carbons (Fsp3) is 0.167. The number of nitrogens with zero attached hydrogens (tertiary/aromatic N) is 1. The molecular formula is C24H23NO3. The summed E-state index contributed by atoms with van der Waals surface area (Å²) in [4.78, 5) is 24.7. The normalized spacial score (nSPS) is 13.8. The molecule has 4 heteroatoms. The van der Waals surface area contributed by atoms with Crippen LogP contribution in [0.3, 0.4) is 0 Å². The Kier molecular flexibility index (Phi) is 6.58. The van der Waals surface area contributed by atoms with E-state index in [4.69, 9.17) is 4.74 Å². The van der Waals surface area contributed by atoms with Gasteiger partial charge < -0.3 is 9.64 Å². The topological polar surface area (TPSA) is 46.6 Å². The largest absolute Gasteiger partial charge is 0.462 e. The van der Waals surface area contributed by atoms with Crippen molar-refractivity contribution < 1.29 is 14.3 Å². The maximum atomic E-state index is 12.0. The molecule has 1 heterocycles. The number of fused-ring (bicyclic) bond motifs is 1. The fourth-order valence-corrected chi connectivity index (χ4v) is 2.86. The molecule has 0 unspecified atom stereocenters. The number of esters is 1. The predicted molar refractivity (Wildman–Crippen MR) is 112 cm³/mol. The third kappa shape index (κ3) is 5.55. The highest BCUT2D eigenvalue weighted by atomic mass is 16.5. The van der Waals surface area contributed by atoms with E-state index >= 15 is 0 Å². The van der Waals surface area contributed by atoms with E-state index in [0.29, 0.717) is 6.54 Å². The second kappa shape index (κ2) is 9.51. The minimum atomic E-state index is -0.353. The molecular weight excluding hydrogens is 350 g/mol. The van der Waals surface area contributed by atoms with Gasteiger partial charge in [-0.2, -0.15) is 0 Å². The average molecular weight is 373 g/mol. The smallest absolute Gasteiger partial charge is 0.325 e. The molecule has 3 aromatic carbocycles. The van der Waals surface area contributed by atoms with Crippen molar-refractivity contribution in [1.82, 2.24) is 4.90 Å². The molecule has 4 rings (SSSR count). The quantitative estimate of drug-likeness (QED) is 0.499. The Labute approximate surface area is 165 Å². The molecule has 1 saturated heterocycles. The minimum Gasteiger partial charge on any atom is -0.462 e. The lowest BCUT2D eigenvalue weighted by Crippen LogP contribution is -2.42. The Balaban J connectivity index is 0.000000271. The van der Waals surface area contributed by atoms with Gasteiger partial charge in [0.05, 0.1) is 6.54 Å². The summed E-state index contributed by atoms with van der Waals surface area (Å²) in [6.07, 6.45) is 3.28. The van der Waals surface area contributed by atoms with E-state index in [-0.39, 0.29) is 25.0 Å². The Bertz CT molecular complexity index is 979. The SMILES string of the molecule is Cc1ccccc1.O=C1CN(C(=O)/C=C/c2ccc3ccccc3c2)CCO1. The molecule has 1 fully saturated rings. The highest BCUT2D eigenvalue weighted by molar-refractivity contribution is 5.95. The van der Waals surface area contributed by atoms with Gasteiger partial charge in [-0.05, 0) is 35.4 Å². The number of amides is 1. The summed E-state index contributed by atoms with van der Waals surface area (Å²) in [5, 5.41) is 2.30. The molecule has 1 amide bonds. The average Bonchev–Trinajstić information content (AvgIpc) is 2.73. The van der Waals surface area contributed by atoms with E-state index in [1.54, 1.807) is 6.08 Å². The minimum absolute atomic E-state index is 0.0287. The van der Waals surface area contributed by atoms with Crippen LogP contribution in [0.15, 0.2) is 78.9 Å². The van der Waals surface area contributed by atoms with E-state index < -0.39 is 0 Å². The lowest BCUT2D eigenvalue weighted by Gasteiger charge is -2.24. The molecule has 0 aromatic heterocycles. The number of rotatable bonds is 2. The standard InChI is InChI=1S/C17H15NO3.C7H8/c19-16(18-9-10-21-17(20)12-18)8-6-13-5-7-14-3-1-2-4-15(14)11-13;1-7-5-3-2-4-6-7/h1-8,11H,9-10,12H2;2-6H,1H3/b8-6+;. The third-order valence-electron chi connectivity index (χ3n) is 4.39. The Morgan fingerprint density at radius 1 is 0.964 bits per heavy atom. The lowest BCUT2D eigenvalue weighted by molar-refractivity contribution is -0.154. The van der Waals surface area contributed by atoms with Gasteiger partial charge in [0.25, 0.3) is 0 Å². The van der Waals surface area contributed by atoms with E-state index in [0.717, 1.165) is 10.9 Å². The first kappa shape index (κ1) is 19.4. The van der Waals surface area contributed by atoms with Gasteiger partial charge in [0, 0.05) is 6.08 Å². The summed E-state index contributed by atoms with van der Waals surface area (Å²) in [7, 11) is 0. The molecule has 3 aromatic rings. The molecule has 4 nitrogen and oxygen atoms in total. The predicted octanol–water partition coefficient (Wildman–Crippen LogP) is 4.23. The van der Waals surface area contributed by atoms with E-state index in [2.05, 4.69) is 19.1 Å². The van der Waals surface area contributed by atoms with Crippen molar-refractivity contribution in [3.63, 3.8) is 0 Å². The van der Waals surface area contributed by atoms with Crippen LogP contribution < -0.4 is 0 Å². The van der Waals surface area contributed by atoms with Gasteiger partial charge >= 0.3 is 5.97 Å². The molecule has 28 heavy (non-hydrogen) atoms. The van der Waals surface area contributed by atoms with Crippen molar-refractivity contribution in [2.45, 2.75) is 6.92 Å². The molecule has 142 valence electrons. The number of ether oxygens (including phenoxy) is 1. The molecule has 0 atom stereocenters. The zero-order valence-electron chi connectivity index (χ0n) is 15.9. The van der Waals surface area contributed by atoms with Gasteiger partial charge in [-0.1, -0.05) is 72.3 Å². The zero-order valence-corrected chi connectivity index (χ0v) is 15.9. The molecule has 0 spiro atoms. The number of aryl methyl sites for hydroxylation is 1. The Hall–Kier alpha value is -3.40. The third-order valence-corrected chi connectivity index (χ3v) is 4.39. The van der Waals surface area contributed by atoms with Crippen molar-refractivity contribution in [3.8, 4) is 0 Å². The maximum absolute atomic E-state index is 12.0. The van der Waals surface area contributed by atoms with E-state index in [1.807, 2.05) is 60.7 Å². The molecule has 0 N–H and O–H groups in total. The summed E-state index contributed by atoms with van der Waals surface area (Å²) in [6.45, 7) is 2.84. The molecule has 1 aliphatic heterocycles. The fourth-order valence-electron chi connectivity index (χ4n) is 2.86. The number of morpholine rings is 1. The van der Waals surface area contributed by atoms with Crippen LogP contribution in [-0.4, -0.2) is 36.5 Å². The van der Waals surface area contributed by atoms with Gasteiger partial charge in [-0.3, -0.25) is 9.59 Å². The first-order valence-corrected chi connectivity index (χ1v) is 9.25. The van der Waals surface area contributed by atoms with Crippen molar-refractivity contribution >= 4 is 28.7 Å². The van der Waals surface area contributed by atoms with Crippen molar-refractivity contribution in [1.29, 1.82) is 0 Å². The molecule has 0 bridgehead atoms. The maximum Gasteiger partial charge on any atom is 0.325 e. The summed E-state index contributed by atoms with van der Waals surface area (Å²) in [6, 6.07) is 24.4. The number of benzene rings is 3. The van der Waals surface area contributed by atoms with Gasteiger partial charge in [0.2, 0.25) is 5.91 Å². The van der Waals surface area contributed by atoms with Gasteiger partial charge in [0.1, 0.15) is 13.2 Å². The zero-order chi connectivity index (χ0) is 19.8. The highest BCUT2D eigenvalue weighted by Gasteiger charge is 2.20. The van der Waals surface area contributed by atoms with Crippen LogP contribution in [0.25, 0.3) is 16.8 Å². The second-order valence-corrected chi connectivity index (χ2v) is 6.57. The number of carbonyl (C=O) groups excluding carboxylic acids is 2. The van der Waals surface area contributed by atoms with Gasteiger partial charge in [-0.25, -0.2) is 0 Å². The van der Waals surface area contributed by atoms with Crippen LogP contribution in [0.4, 0.5) is 0 Å². The van der Waals surface area contributed by atoms with E-state index in [9.17, 15) is 9.59 Å². The van der Waals surface area contributed by atoms with Crippen LogP contribution in [-0.2, 0) is 14.3 Å².